The topological polar surface area (TPSA) is 64.0 Å². The summed E-state index contributed by atoms with van der Waals surface area (Å²) < 4.78 is 1.33. The Bertz CT molecular complexity index is 1040. The predicted molar refractivity (Wildman–Crippen MR) is 103 cm³/mol. The quantitative estimate of drug-likeness (QED) is 0.705. The molecule has 1 unspecified atom stereocenters. The minimum Gasteiger partial charge on any atom is -0.323 e. The van der Waals surface area contributed by atoms with E-state index in [1.807, 2.05) is 13.8 Å². The normalized spacial score (nSPS) is 12.4. The number of hydrogen-bond donors (Lipinski definition) is 1. The van der Waals surface area contributed by atoms with Gasteiger partial charge in [-0.2, -0.15) is 0 Å². The van der Waals surface area contributed by atoms with Crippen LogP contribution in [0.2, 0.25) is 10.0 Å². The molecule has 0 saturated carbocycles. The van der Waals surface area contributed by atoms with Crippen molar-refractivity contribution in [1.82, 2.24) is 9.55 Å². The maximum atomic E-state index is 12.8. The SMILES string of the molecule is Cc1sc2ncn(C(C)C(=O)Nc3cc(Cl)ccc3Cl)c(=O)c2c1C. The van der Waals surface area contributed by atoms with E-state index in [9.17, 15) is 9.59 Å². The lowest BCUT2D eigenvalue weighted by atomic mass is 10.2. The van der Waals surface area contributed by atoms with E-state index in [4.69, 9.17) is 23.2 Å². The number of fused-ring (bicyclic) bond motifs is 1. The van der Waals surface area contributed by atoms with Crippen molar-refractivity contribution in [3.05, 3.63) is 55.4 Å². The molecule has 1 atom stereocenters. The number of thiophene rings is 1. The molecule has 0 fully saturated rings. The first-order valence-electron chi connectivity index (χ1n) is 7.52. The molecule has 8 heteroatoms. The first kappa shape index (κ1) is 17.9. The second kappa shape index (κ2) is 6.78. The zero-order valence-corrected chi connectivity index (χ0v) is 16.1. The standard InChI is InChI=1S/C17H15Cl2N3O2S/c1-8-10(3)25-16-14(8)17(24)22(7-20-16)9(2)15(23)21-13-6-11(18)4-5-12(13)19/h4-7,9H,1-3H3,(H,21,23). The van der Waals surface area contributed by atoms with Gasteiger partial charge in [0.25, 0.3) is 5.56 Å². The molecular weight excluding hydrogens is 381 g/mol. The van der Waals surface area contributed by atoms with Crippen LogP contribution in [-0.4, -0.2) is 15.5 Å². The lowest BCUT2D eigenvalue weighted by molar-refractivity contribution is -0.118. The summed E-state index contributed by atoms with van der Waals surface area (Å²) >= 11 is 13.5. The van der Waals surface area contributed by atoms with Crippen LogP contribution in [0.25, 0.3) is 10.2 Å². The third-order valence-corrected chi connectivity index (χ3v) is 5.78. The second-order valence-electron chi connectivity index (χ2n) is 5.71. The summed E-state index contributed by atoms with van der Waals surface area (Å²) in [6.07, 6.45) is 1.41. The summed E-state index contributed by atoms with van der Waals surface area (Å²) in [4.78, 5) is 31.4. The highest BCUT2D eigenvalue weighted by atomic mass is 35.5. The van der Waals surface area contributed by atoms with E-state index in [0.29, 0.717) is 25.9 Å². The van der Waals surface area contributed by atoms with Gasteiger partial charge >= 0.3 is 0 Å². The zero-order chi connectivity index (χ0) is 18.3. The molecule has 25 heavy (non-hydrogen) atoms. The fourth-order valence-corrected chi connectivity index (χ4v) is 3.81. The van der Waals surface area contributed by atoms with E-state index in [2.05, 4.69) is 10.3 Å². The van der Waals surface area contributed by atoms with Gasteiger partial charge in [-0.3, -0.25) is 14.2 Å². The summed E-state index contributed by atoms with van der Waals surface area (Å²) in [5, 5.41) is 4.09. The molecule has 0 bridgehead atoms. The largest absolute Gasteiger partial charge is 0.323 e. The Morgan fingerprint density at radius 3 is 2.76 bits per heavy atom. The van der Waals surface area contributed by atoms with Crippen molar-refractivity contribution in [2.45, 2.75) is 26.8 Å². The summed E-state index contributed by atoms with van der Waals surface area (Å²) in [7, 11) is 0. The van der Waals surface area contributed by atoms with Crippen LogP contribution in [0.15, 0.2) is 29.3 Å². The number of nitrogens with one attached hydrogen (secondary N) is 1. The second-order valence-corrected chi connectivity index (χ2v) is 7.76. The van der Waals surface area contributed by atoms with E-state index in [1.165, 1.54) is 22.2 Å². The predicted octanol–water partition coefficient (Wildman–Crippen LogP) is 4.58. The van der Waals surface area contributed by atoms with Crippen molar-refractivity contribution in [2.75, 3.05) is 5.32 Å². The van der Waals surface area contributed by atoms with Gasteiger partial charge in [0.15, 0.2) is 0 Å². The van der Waals surface area contributed by atoms with Gasteiger partial charge in [0.1, 0.15) is 10.9 Å². The molecule has 1 aromatic carbocycles. The summed E-state index contributed by atoms with van der Waals surface area (Å²) in [5.41, 5.74) is 1.07. The number of nitrogens with zero attached hydrogens (tertiary/aromatic N) is 2. The number of carbonyl (C=O) groups is 1. The smallest absolute Gasteiger partial charge is 0.263 e. The summed E-state index contributed by atoms with van der Waals surface area (Å²) in [5.74, 6) is -0.378. The monoisotopic (exact) mass is 395 g/mol. The third kappa shape index (κ3) is 3.29. The van der Waals surface area contributed by atoms with E-state index in [1.54, 1.807) is 25.1 Å². The highest BCUT2D eigenvalue weighted by Gasteiger charge is 2.20. The molecule has 1 amide bonds. The molecule has 3 aromatic rings. The molecule has 3 rings (SSSR count). The van der Waals surface area contributed by atoms with Gasteiger partial charge in [0.2, 0.25) is 5.91 Å². The molecule has 0 aliphatic rings. The number of amides is 1. The van der Waals surface area contributed by atoms with Crippen LogP contribution in [-0.2, 0) is 4.79 Å². The number of carbonyl (C=O) groups excluding carboxylic acids is 1. The molecule has 0 aliphatic heterocycles. The van der Waals surface area contributed by atoms with Crippen molar-refractivity contribution in [2.24, 2.45) is 0 Å². The van der Waals surface area contributed by atoms with Crippen molar-refractivity contribution in [3.63, 3.8) is 0 Å². The van der Waals surface area contributed by atoms with E-state index in [0.717, 1.165) is 10.4 Å². The maximum Gasteiger partial charge on any atom is 0.263 e. The fraction of sp³-hybridized carbons (Fsp3) is 0.235. The maximum absolute atomic E-state index is 12.8. The number of halogens is 2. The molecule has 2 aromatic heterocycles. The van der Waals surface area contributed by atoms with Crippen molar-refractivity contribution < 1.29 is 4.79 Å². The fourth-order valence-electron chi connectivity index (χ4n) is 2.48. The minimum atomic E-state index is -0.751. The highest BCUT2D eigenvalue weighted by molar-refractivity contribution is 7.18. The summed E-state index contributed by atoms with van der Waals surface area (Å²) in [6, 6.07) is 4.04. The van der Waals surface area contributed by atoms with Crippen LogP contribution < -0.4 is 10.9 Å². The first-order valence-corrected chi connectivity index (χ1v) is 9.09. The van der Waals surface area contributed by atoms with Gasteiger partial charge < -0.3 is 5.32 Å². The Hall–Kier alpha value is -1.89. The third-order valence-electron chi connectivity index (χ3n) is 4.10. The molecular formula is C17H15Cl2N3O2S. The van der Waals surface area contributed by atoms with Crippen LogP contribution in [0.3, 0.4) is 0 Å². The molecule has 130 valence electrons. The zero-order valence-electron chi connectivity index (χ0n) is 13.8. The molecule has 0 spiro atoms. The van der Waals surface area contributed by atoms with Crippen LogP contribution >= 0.6 is 34.5 Å². The molecule has 0 aliphatic carbocycles. The van der Waals surface area contributed by atoms with Gasteiger partial charge in [0.05, 0.1) is 22.4 Å². The van der Waals surface area contributed by atoms with Crippen molar-refractivity contribution in [3.8, 4) is 0 Å². The van der Waals surface area contributed by atoms with Gasteiger partial charge in [-0.1, -0.05) is 23.2 Å². The average molecular weight is 396 g/mol. The van der Waals surface area contributed by atoms with Crippen LogP contribution in [0, 0.1) is 13.8 Å². The Morgan fingerprint density at radius 1 is 1.32 bits per heavy atom. The van der Waals surface area contributed by atoms with Gasteiger partial charge in [-0.25, -0.2) is 4.98 Å². The van der Waals surface area contributed by atoms with Crippen molar-refractivity contribution >= 4 is 56.3 Å². The molecule has 5 nitrogen and oxygen atoms in total. The van der Waals surface area contributed by atoms with Crippen LogP contribution in [0.5, 0.6) is 0 Å². The van der Waals surface area contributed by atoms with Crippen LogP contribution in [0.4, 0.5) is 5.69 Å². The Balaban J connectivity index is 1.96. The number of hydrogen-bond acceptors (Lipinski definition) is 4. The molecule has 0 radical (unpaired) electrons. The first-order chi connectivity index (χ1) is 11.8. The number of benzene rings is 1. The molecule has 2 heterocycles. The van der Waals surface area contributed by atoms with E-state index in [-0.39, 0.29) is 11.5 Å². The lowest BCUT2D eigenvalue weighted by Gasteiger charge is -2.15. The number of aromatic nitrogens is 2. The lowest BCUT2D eigenvalue weighted by Crippen LogP contribution is -2.31. The number of anilines is 1. The minimum absolute atomic E-state index is 0.230. The average Bonchev–Trinajstić information content (AvgIpc) is 2.86. The Morgan fingerprint density at radius 2 is 2.04 bits per heavy atom. The highest BCUT2D eigenvalue weighted by Crippen LogP contribution is 2.27. The van der Waals surface area contributed by atoms with E-state index < -0.39 is 6.04 Å². The molecule has 1 N–H and O–H groups in total. The van der Waals surface area contributed by atoms with E-state index >= 15 is 0 Å². The van der Waals surface area contributed by atoms with Gasteiger partial charge in [-0.05, 0) is 44.5 Å². The summed E-state index contributed by atoms with van der Waals surface area (Å²) in [6.45, 7) is 5.47. The Kier molecular flexibility index (Phi) is 4.86. The van der Waals surface area contributed by atoms with Crippen molar-refractivity contribution in [1.29, 1.82) is 0 Å². The Labute approximate surface area is 158 Å². The van der Waals surface area contributed by atoms with Gasteiger partial charge in [-0.15, -0.1) is 11.3 Å². The molecule has 0 saturated heterocycles. The van der Waals surface area contributed by atoms with Gasteiger partial charge in [0, 0.05) is 9.90 Å². The number of rotatable bonds is 3. The van der Waals surface area contributed by atoms with Crippen LogP contribution in [0.1, 0.15) is 23.4 Å². The number of aryl methyl sites for hydroxylation is 2.